The first-order chi connectivity index (χ1) is 9.79. The van der Waals surface area contributed by atoms with Crippen molar-refractivity contribution in [3.05, 3.63) is 70.9 Å². The number of hydrogen-bond donors (Lipinski definition) is 2. The van der Waals surface area contributed by atoms with E-state index in [9.17, 15) is 0 Å². The van der Waals surface area contributed by atoms with Gasteiger partial charge in [0.15, 0.2) is 0 Å². The molecule has 1 atom stereocenters. The summed E-state index contributed by atoms with van der Waals surface area (Å²) in [5, 5.41) is 1.82. The summed E-state index contributed by atoms with van der Waals surface area (Å²) in [6.45, 7) is 0. The number of halogens is 1. The number of rotatable bonds is 4. The van der Waals surface area contributed by atoms with Crippen molar-refractivity contribution in [3.63, 3.8) is 0 Å². The minimum atomic E-state index is -0.0430. The van der Waals surface area contributed by atoms with Gasteiger partial charge in [0.05, 0.1) is 12.3 Å². The minimum Gasteiger partial charge on any atom is -0.464 e. The van der Waals surface area contributed by atoms with Crippen molar-refractivity contribution < 1.29 is 4.42 Å². The molecular formula is C16H15ClN2O. The van der Waals surface area contributed by atoms with E-state index in [0.717, 1.165) is 27.1 Å². The molecule has 20 heavy (non-hydrogen) atoms. The standard InChI is InChI=1S/C16H15ClN2O/c17-14-7-3-1-5-11(14)9-15(19-18)13-10-20-16-8-4-2-6-12(13)16/h1-8,10,15,19H,9,18H2. The summed E-state index contributed by atoms with van der Waals surface area (Å²) in [7, 11) is 0. The second kappa shape index (κ2) is 5.67. The molecule has 3 aromatic rings. The molecule has 0 saturated heterocycles. The van der Waals surface area contributed by atoms with Gasteiger partial charge in [-0.15, -0.1) is 0 Å². The lowest BCUT2D eigenvalue weighted by Crippen LogP contribution is -2.29. The van der Waals surface area contributed by atoms with Crippen LogP contribution in [0, 0.1) is 0 Å². The summed E-state index contributed by atoms with van der Waals surface area (Å²) in [6.07, 6.45) is 2.46. The van der Waals surface area contributed by atoms with Crippen molar-refractivity contribution >= 4 is 22.6 Å². The van der Waals surface area contributed by atoms with Crippen LogP contribution in [0.15, 0.2) is 59.2 Å². The molecule has 0 fully saturated rings. The lowest BCUT2D eigenvalue weighted by molar-refractivity contribution is 0.537. The van der Waals surface area contributed by atoms with Gasteiger partial charge >= 0.3 is 0 Å². The lowest BCUT2D eigenvalue weighted by atomic mass is 9.99. The van der Waals surface area contributed by atoms with Crippen LogP contribution in [0.25, 0.3) is 11.0 Å². The molecule has 0 saturated carbocycles. The molecule has 0 radical (unpaired) electrons. The summed E-state index contributed by atoms with van der Waals surface area (Å²) in [5.41, 5.74) is 5.82. The Morgan fingerprint density at radius 1 is 1.10 bits per heavy atom. The lowest BCUT2D eigenvalue weighted by Gasteiger charge is -2.15. The first-order valence-corrected chi connectivity index (χ1v) is 6.83. The van der Waals surface area contributed by atoms with Crippen LogP contribution >= 0.6 is 11.6 Å². The Morgan fingerprint density at radius 2 is 1.85 bits per heavy atom. The van der Waals surface area contributed by atoms with Crippen LogP contribution in [-0.4, -0.2) is 0 Å². The Kier molecular flexibility index (Phi) is 3.74. The van der Waals surface area contributed by atoms with Crippen molar-refractivity contribution in [2.45, 2.75) is 12.5 Å². The van der Waals surface area contributed by atoms with E-state index in [1.54, 1.807) is 6.26 Å². The summed E-state index contributed by atoms with van der Waals surface area (Å²) >= 11 is 6.21. The monoisotopic (exact) mass is 286 g/mol. The van der Waals surface area contributed by atoms with Gasteiger partial charge in [0.25, 0.3) is 0 Å². The van der Waals surface area contributed by atoms with E-state index in [1.165, 1.54) is 0 Å². The molecule has 1 aromatic heterocycles. The second-order valence-electron chi connectivity index (χ2n) is 4.70. The summed E-state index contributed by atoms with van der Waals surface area (Å²) in [4.78, 5) is 0. The van der Waals surface area contributed by atoms with Gasteiger partial charge in [-0.1, -0.05) is 48.0 Å². The molecule has 0 spiro atoms. The Morgan fingerprint density at radius 3 is 2.65 bits per heavy atom. The van der Waals surface area contributed by atoms with Gasteiger partial charge < -0.3 is 4.42 Å². The van der Waals surface area contributed by atoms with Gasteiger partial charge in [-0.05, 0) is 24.1 Å². The molecule has 4 heteroatoms. The van der Waals surface area contributed by atoms with Gasteiger partial charge in [0, 0.05) is 16.0 Å². The average molecular weight is 287 g/mol. The number of para-hydroxylation sites is 1. The van der Waals surface area contributed by atoms with E-state index >= 15 is 0 Å². The van der Waals surface area contributed by atoms with Crippen LogP contribution in [0.2, 0.25) is 5.02 Å². The predicted molar refractivity (Wildman–Crippen MR) is 81.4 cm³/mol. The van der Waals surface area contributed by atoms with Crippen LogP contribution in [0.1, 0.15) is 17.2 Å². The molecule has 3 N–H and O–H groups in total. The third kappa shape index (κ3) is 2.43. The van der Waals surface area contributed by atoms with Crippen LogP contribution in [0.4, 0.5) is 0 Å². The van der Waals surface area contributed by atoms with Gasteiger partial charge in [-0.2, -0.15) is 0 Å². The van der Waals surface area contributed by atoms with Gasteiger partial charge in [0.2, 0.25) is 0 Å². The molecule has 0 aliphatic heterocycles. The maximum absolute atomic E-state index is 6.21. The van der Waals surface area contributed by atoms with Crippen molar-refractivity contribution in [2.24, 2.45) is 5.84 Å². The maximum Gasteiger partial charge on any atom is 0.134 e. The number of nitrogens with two attached hydrogens (primary N) is 1. The third-order valence-electron chi connectivity index (χ3n) is 3.47. The van der Waals surface area contributed by atoms with E-state index in [0.29, 0.717) is 6.42 Å². The second-order valence-corrected chi connectivity index (χ2v) is 5.11. The summed E-state index contributed by atoms with van der Waals surface area (Å²) in [5.74, 6) is 5.72. The number of hydrogen-bond acceptors (Lipinski definition) is 3. The zero-order chi connectivity index (χ0) is 13.9. The molecule has 3 nitrogen and oxygen atoms in total. The van der Waals surface area contributed by atoms with Crippen LogP contribution < -0.4 is 11.3 Å². The molecule has 2 aromatic carbocycles. The Balaban J connectivity index is 1.96. The minimum absolute atomic E-state index is 0.0430. The predicted octanol–water partition coefficient (Wildman–Crippen LogP) is 3.83. The van der Waals surface area contributed by atoms with E-state index in [1.807, 2.05) is 48.5 Å². The van der Waals surface area contributed by atoms with Gasteiger partial charge in [-0.25, -0.2) is 0 Å². The van der Waals surface area contributed by atoms with E-state index < -0.39 is 0 Å². The van der Waals surface area contributed by atoms with Crippen LogP contribution in [-0.2, 0) is 6.42 Å². The number of benzene rings is 2. The maximum atomic E-state index is 6.21. The number of fused-ring (bicyclic) bond motifs is 1. The zero-order valence-corrected chi connectivity index (χ0v) is 11.6. The fraction of sp³-hybridized carbons (Fsp3) is 0.125. The molecule has 1 unspecified atom stereocenters. The van der Waals surface area contributed by atoms with Gasteiger partial charge in [0.1, 0.15) is 5.58 Å². The first-order valence-electron chi connectivity index (χ1n) is 6.45. The molecule has 1 heterocycles. The van der Waals surface area contributed by atoms with E-state index in [-0.39, 0.29) is 6.04 Å². The van der Waals surface area contributed by atoms with E-state index in [4.69, 9.17) is 21.9 Å². The fourth-order valence-electron chi connectivity index (χ4n) is 2.41. The first kappa shape index (κ1) is 13.2. The van der Waals surface area contributed by atoms with Crippen molar-refractivity contribution in [1.29, 1.82) is 0 Å². The highest BCUT2D eigenvalue weighted by Gasteiger charge is 2.17. The number of hydrazine groups is 1. The molecule has 3 rings (SSSR count). The Labute approximate surface area is 122 Å². The Hall–Kier alpha value is -1.81. The Bertz CT molecular complexity index is 723. The third-order valence-corrected chi connectivity index (χ3v) is 3.84. The highest BCUT2D eigenvalue weighted by atomic mass is 35.5. The number of furan rings is 1. The zero-order valence-electron chi connectivity index (χ0n) is 10.8. The highest BCUT2D eigenvalue weighted by molar-refractivity contribution is 6.31. The number of nitrogens with one attached hydrogen (secondary N) is 1. The summed E-state index contributed by atoms with van der Waals surface area (Å²) in [6, 6.07) is 15.7. The summed E-state index contributed by atoms with van der Waals surface area (Å²) < 4.78 is 5.57. The molecule has 0 bridgehead atoms. The molecule has 102 valence electrons. The molecule has 0 aliphatic rings. The quantitative estimate of drug-likeness (QED) is 0.566. The SMILES string of the molecule is NNC(Cc1ccccc1Cl)c1coc2ccccc12. The van der Waals surface area contributed by atoms with Gasteiger partial charge in [-0.3, -0.25) is 11.3 Å². The molecule has 0 aliphatic carbocycles. The topological polar surface area (TPSA) is 51.2 Å². The molecular weight excluding hydrogens is 272 g/mol. The van der Waals surface area contributed by atoms with Crippen molar-refractivity contribution in [2.75, 3.05) is 0 Å². The average Bonchev–Trinajstić information content (AvgIpc) is 2.90. The van der Waals surface area contributed by atoms with Crippen LogP contribution in [0.3, 0.4) is 0 Å². The molecule has 0 amide bonds. The highest BCUT2D eigenvalue weighted by Crippen LogP contribution is 2.29. The smallest absolute Gasteiger partial charge is 0.134 e. The largest absolute Gasteiger partial charge is 0.464 e. The van der Waals surface area contributed by atoms with E-state index in [2.05, 4.69) is 5.43 Å². The van der Waals surface area contributed by atoms with Crippen LogP contribution in [0.5, 0.6) is 0 Å². The van der Waals surface area contributed by atoms with Crippen molar-refractivity contribution in [3.8, 4) is 0 Å². The normalized spacial score (nSPS) is 12.7. The van der Waals surface area contributed by atoms with Crippen molar-refractivity contribution in [1.82, 2.24) is 5.43 Å². The fourth-order valence-corrected chi connectivity index (χ4v) is 2.62.